The van der Waals surface area contributed by atoms with Crippen molar-refractivity contribution in [1.82, 2.24) is 5.32 Å². The van der Waals surface area contributed by atoms with E-state index in [0.717, 1.165) is 4.90 Å². The second-order valence-electron chi connectivity index (χ2n) is 9.20. The molecule has 0 spiro atoms. The van der Waals surface area contributed by atoms with Gasteiger partial charge in [0.15, 0.2) is 11.5 Å². The van der Waals surface area contributed by atoms with Crippen LogP contribution in [0.15, 0.2) is 108 Å². The van der Waals surface area contributed by atoms with Crippen molar-refractivity contribution in [3.8, 4) is 11.5 Å². The maximum atomic E-state index is 13.9. The Hall–Kier alpha value is -5.09. The van der Waals surface area contributed by atoms with E-state index in [4.69, 9.17) is 9.47 Å². The first-order chi connectivity index (χ1) is 20.8. The number of nitrogens with one attached hydrogen (secondary N) is 3. The summed E-state index contributed by atoms with van der Waals surface area (Å²) in [5.41, 5.74) is 1.60. The molecule has 0 radical (unpaired) electrons. The quantitative estimate of drug-likeness (QED) is 0.137. The number of halogens is 1. The van der Waals surface area contributed by atoms with Crippen LogP contribution < -0.4 is 25.4 Å². The van der Waals surface area contributed by atoms with Crippen LogP contribution in [0, 0.1) is 5.82 Å². The Labute approximate surface area is 253 Å². The van der Waals surface area contributed by atoms with Gasteiger partial charge in [0.2, 0.25) is 5.91 Å². The highest BCUT2D eigenvalue weighted by Crippen LogP contribution is 2.29. The van der Waals surface area contributed by atoms with Crippen molar-refractivity contribution in [2.45, 2.75) is 17.1 Å². The largest absolute Gasteiger partial charge is 0.493 e. The lowest BCUT2D eigenvalue weighted by molar-refractivity contribution is -0.115. The van der Waals surface area contributed by atoms with Gasteiger partial charge in [0.05, 0.1) is 25.2 Å². The lowest BCUT2D eigenvalue weighted by Crippen LogP contribution is -2.30. The summed E-state index contributed by atoms with van der Waals surface area (Å²) in [4.78, 5) is 39.6. The van der Waals surface area contributed by atoms with Gasteiger partial charge in [-0.15, -0.1) is 11.8 Å². The van der Waals surface area contributed by atoms with Crippen molar-refractivity contribution in [3.63, 3.8) is 0 Å². The van der Waals surface area contributed by atoms with Crippen molar-refractivity contribution >= 4 is 46.9 Å². The van der Waals surface area contributed by atoms with Crippen LogP contribution in [0.1, 0.15) is 22.8 Å². The Balaban J connectivity index is 1.48. The second kappa shape index (κ2) is 14.7. The number of anilines is 2. The molecule has 4 rings (SSSR count). The molecule has 0 heterocycles. The minimum atomic E-state index is -0.544. The number of thioether (sulfide) groups is 1. The summed E-state index contributed by atoms with van der Waals surface area (Å²) >= 11 is 1.29. The van der Waals surface area contributed by atoms with E-state index in [1.807, 2.05) is 0 Å². The maximum absolute atomic E-state index is 13.9. The highest BCUT2D eigenvalue weighted by Gasteiger charge is 2.18. The van der Waals surface area contributed by atoms with Crippen LogP contribution in [-0.4, -0.2) is 37.2 Å². The molecule has 0 aromatic heterocycles. The van der Waals surface area contributed by atoms with E-state index < -0.39 is 22.9 Å². The first-order valence-corrected chi connectivity index (χ1v) is 14.1. The molecule has 8 nitrogen and oxygen atoms in total. The fraction of sp³-hybridized carbons (Fsp3) is 0.121. The summed E-state index contributed by atoms with van der Waals surface area (Å²) in [5, 5.41) is 7.59. The third kappa shape index (κ3) is 8.46. The van der Waals surface area contributed by atoms with Gasteiger partial charge >= 0.3 is 0 Å². The highest BCUT2D eigenvalue weighted by atomic mass is 32.2. The molecule has 3 amide bonds. The van der Waals surface area contributed by atoms with E-state index in [1.165, 1.54) is 44.2 Å². The predicted octanol–water partition coefficient (Wildman–Crippen LogP) is 6.37. The molecule has 0 fully saturated rings. The standard InChI is InChI=1S/C33H30FN3O5S/c1-21(31(38)36-27-12-8-7-11-26(27)34)43-25-16-14-24(15-17-25)35-33(40)28(37-32(39)23-9-5-4-6-10-23)19-22-13-18-29(41-2)30(20-22)42-3/h4-21H,1-3H3,(H,35,40)(H,36,38)(H,37,39)/b28-19-. The van der Waals surface area contributed by atoms with Crippen molar-refractivity contribution in [3.05, 3.63) is 120 Å². The molecular formula is C33H30FN3O5S. The minimum absolute atomic E-state index is 0.0120. The van der Waals surface area contributed by atoms with Gasteiger partial charge in [0.1, 0.15) is 11.5 Å². The number of hydrogen-bond acceptors (Lipinski definition) is 6. The minimum Gasteiger partial charge on any atom is -0.493 e. The molecule has 220 valence electrons. The number of benzene rings is 4. The van der Waals surface area contributed by atoms with Crippen molar-refractivity contribution < 1.29 is 28.2 Å². The van der Waals surface area contributed by atoms with Gasteiger partial charge in [-0.05, 0) is 79.2 Å². The predicted molar refractivity (Wildman–Crippen MR) is 167 cm³/mol. The molecule has 43 heavy (non-hydrogen) atoms. The zero-order chi connectivity index (χ0) is 30.8. The Morgan fingerprint density at radius 1 is 0.814 bits per heavy atom. The summed E-state index contributed by atoms with van der Waals surface area (Å²) in [6.45, 7) is 1.72. The average molecular weight is 600 g/mol. The summed E-state index contributed by atoms with van der Waals surface area (Å²) in [6, 6.07) is 26.5. The number of carbonyl (C=O) groups excluding carboxylic acids is 3. The van der Waals surface area contributed by atoms with E-state index in [0.29, 0.717) is 28.3 Å². The summed E-state index contributed by atoms with van der Waals surface area (Å²) in [5.74, 6) is -0.848. The SMILES string of the molecule is COc1ccc(/C=C(\NC(=O)c2ccccc2)C(=O)Nc2ccc(SC(C)C(=O)Nc3ccccc3F)cc2)cc1OC. The highest BCUT2D eigenvalue weighted by molar-refractivity contribution is 8.00. The van der Waals surface area contributed by atoms with Crippen LogP contribution >= 0.6 is 11.8 Å². The molecule has 1 unspecified atom stereocenters. The number of para-hydroxylation sites is 1. The van der Waals surface area contributed by atoms with Gasteiger partial charge in [-0.25, -0.2) is 4.39 Å². The molecule has 4 aromatic carbocycles. The molecule has 3 N–H and O–H groups in total. The molecule has 0 saturated carbocycles. The fourth-order valence-electron chi connectivity index (χ4n) is 3.92. The van der Waals surface area contributed by atoms with Crippen LogP contribution in [0.4, 0.5) is 15.8 Å². The fourth-order valence-corrected chi connectivity index (χ4v) is 4.79. The lowest BCUT2D eigenvalue weighted by atomic mass is 10.1. The molecule has 0 aliphatic rings. The number of amides is 3. The zero-order valence-electron chi connectivity index (χ0n) is 23.7. The number of methoxy groups -OCH3 is 2. The second-order valence-corrected chi connectivity index (χ2v) is 10.6. The Morgan fingerprint density at radius 2 is 1.49 bits per heavy atom. The van der Waals surface area contributed by atoms with Crippen LogP contribution in [0.2, 0.25) is 0 Å². The lowest BCUT2D eigenvalue weighted by Gasteiger charge is -2.14. The molecule has 0 aliphatic heterocycles. The molecule has 4 aromatic rings. The average Bonchev–Trinajstić information content (AvgIpc) is 3.02. The van der Waals surface area contributed by atoms with Gasteiger partial charge in [0, 0.05) is 16.1 Å². The molecule has 1 atom stereocenters. The number of hydrogen-bond donors (Lipinski definition) is 3. The van der Waals surface area contributed by atoms with Crippen molar-refractivity contribution in [2.75, 3.05) is 24.9 Å². The normalized spacial score (nSPS) is 11.7. The van der Waals surface area contributed by atoms with E-state index >= 15 is 0 Å². The Morgan fingerprint density at radius 3 is 2.16 bits per heavy atom. The first kappa shape index (κ1) is 30.9. The van der Waals surface area contributed by atoms with Crippen LogP contribution in [0.25, 0.3) is 6.08 Å². The smallest absolute Gasteiger partial charge is 0.272 e. The van der Waals surface area contributed by atoms with Crippen LogP contribution in [0.5, 0.6) is 11.5 Å². The van der Waals surface area contributed by atoms with E-state index in [-0.39, 0.29) is 17.3 Å². The number of carbonyl (C=O) groups is 3. The third-order valence-corrected chi connectivity index (χ3v) is 7.29. The van der Waals surface area contributed by atoms with Crippen molar-refractivity contribution in [1.29, 1.82) is 0 Å². The topological polar surface area (TPSA) is 106 Å². The number of rotatable bonds is 11. The summed E-state index contributed by atoms with van der Waals surface area (Å²) in [6.07, 6.45) is 1.54. The molecule has 0 aliphatic carbocycles. The van der Waals surface area contributed by atoms with Gasteiger partial charge in [0.25, 0.3) is 11.8 Å². The van der Waals surface area contributed by atoms with Crippen LogP contribution in [0.3, 0.4) is 0 Å². The van der Waals surface area contributed by atoms with E-state index in [1.54, 1.807) is 91.9 Å². The molecular weight excluding hydrogens is 569 g/mol. The number of ether oxygens (including phenoxy) is 2. The van der Waals surface area contributed by atoms with Gasteiger partial charge in [-0.3, -0.25) is 14.4 Å². The monoisotopic (exact) mass is 599 g/mol. The van der Waals surface area contributed by atoms with Crippen LogP contribution in [-0.2, 0) is 9.59 Å². The molecule has 0 saturated heterocycles. The zero-order valence-corrected chi connectivity index (χ0v) is 24.5. The Bertz CT molecular complexity index is 1630. The summed E-state index contributed by atoms with van der Waals surface area (Å²) in [7, 11) is 3.03. The summed E-state index contributed by atoms with van der Waals surface area (Å²) < 4.78 is 24.6. The first-order valence-electron chi connectivity index (χ1n) is 13.2. The van der Waals surface area contributed by atoms with Gasteiger partial charge in [-0.1, -0.05) is 36.4 Å². The van der Waals surface area contributed by atoms with Crippen molar-refractivity contribution in [2.24, 2.45) is 0 Å². The maximum Gasteiger partial charge on any atom is 0.272 e. The van der Waals surface area contributed by atoms with Gasteiger partial charge in [-0.2, -0.15) is 0 Å². The van der Waals surface area contributed by atoms with Gasteiger partial charge < -0.3 is 25.4 Å². The molecule has 10 heteroatoms. The molecule has 0 bridgehead atoms. The van der Waals surface area contributed by atoms with E-state index in [2.05, 4.69) is 16.0 Å². The van der Waals surface area contributed by atoms with E-state index in [9.17, 15) is 18.8 Å². The third-order valence-electron chi connectivity index (χ3n) is 6.17. The Kier molecular flexibility index (Phi) is 10.5.